The Balaban J connectivity index is 1.72. The fraction of sp³-hybridized carbons (Fsp3) is 0.462. The molecular formula is C13H15FN2O. The first-order chi connectivity index (χ1) is 8.24. The SMILES string of the molecule is O=C1[C@@H]2CNC[C@@H]2CN1Cc1cccc(F)c1. The molecule has 1 aromatic rings. The Bertz CT molecular complexity index is 449. The van der Waals surface area contributed by atoms with Crippen LogP contribution in [0.4, 0.5) is 4.39 Å². The van der Waals surface area contributed by atoms with Gasteiger partial charge >= 0.3 is 0 Å². The van der Waals surface area contributed by atoms with Crippen LogP contribution in [-0.4, -0.2) is 30.4 Å². The van der Waals surface area contributed by atoms with Gasteiger partial charge in [-0.3, -0.25) is 4.79 Å². The molecule has 0 radical (unpaired) electrons. The second-order valence-corrected chi connectivity index (χ2v) is 4.87. The molecule has 0 aliphatic carbocycles. The van der Waals surface area contributed by atoms with Gasteiger partial charge in [0.15, 0.2) is 0 Å². The van der Waals surface area contributed by atoms with Crippen molar-refractivity contribution >= 4 is 5.91 Å². The van der Waals surface area contributed by atoms with Gasteiger partial charge in [-0.1, -0.05) is 12.1 Å². The van der Waals surface area contributed by atoms with Crippen LogP contribution in [0.25, 0.3) is 0 Å². The van der Waals surface area contributed by atoms with E-state index in [1.54, 1.807) is 6.07 Å². The summed E-state index contributed by atoms with van der Waals surface area (Å²) in [6, 6.07) is 6.48. The third-order valence-corrected chi connectivity index (χ3v) is 3.69. The molecule has 1 N–H and O–H groups in total. The summed E-state index contributed by atoms with van der Waals surface area (Å²) in [6.07, 6.45) is 0. The quantitative estimate of drug-likeness (QED) is 0.828. The molecule has 0 spiro atoms. The number of carbonyl (C=O) groups excluding carboxylic acids is 1. The van der Waals surface area contributed by atoms with Gasteiger partial charge in [-0.25, -0.2) is 4.39 Å². The van der Waals surface area contributed by atoms with Crippen molar-refractivity contribution in [2.45, 2.75) is 6.54 Å². The summed E-state index contributed by atoms with van der Waals surface area (Å²) in [5.74, 6) is 0.555. The van der Waals surface area contributed by atoms with Crippen LogP contribution >= 0.6 is 0 Å². The number of benzene rings is 1. The summed E-state index contributed by atoms with van der Waals surface area (Å²) >= 11 is 0. The van der Waals surface area contributed by atoms with Crippen LogP contribution in [0.5, 0.6) is 0 Å². The molecule has 2 heterocycles. The van der Waals surface area contributed by atoms with E-state index in [4.69, 9.17) is 0 Å². The van der Waals surface area contributed by atoms with Gasteiger partial charge in [0.25, 0.3) is 0 Å². The molecular weight excluding hydrogens is 219 g/mol. The third-order valence-electron chi connectivity index (χ3n) is 3.69. The predicted octanol–water partition coefficient (Wildman–Crippen LogP) is 1.00. The van der Waals surface area contributed by atoms with Gasteiger partial charge < -0.3 is 10.2 Å². The standard InChI is InChI=1S/C13H15FN2O/c14-11-3-1-2-9(4-11)7-16-8-10-5-15-6-12(10)13(16)17/h1-4,10,12,15H,5-8H2/t10-,12-/m1/s1. The van der Waals surface area contributed by atoms with Crippen molar-refractivity contribution < 1.29 is 9.18 Å². The summed E-state index contributed by atoms with van der Waals surface area (Å²) in [7, 11) is 0. The minimum Gasteiger partial charge on any atom is -0.338 e. The number of hydrogen-bond donors (Lipinski definition) is 1. The zero-order valence-corrected chi connectivity index (χ0v) is 9.53. The molecule has 1 amide bonds. The Morgan fingerprint density at radius 1 is 1.41 bits per heavy atom. The second kappa shape index (κ2) is 4.11. The first-order valence-electron chi connectivity index (χ1n) is 5.98. The molecule has 3 nitrogen and oxygen atoms in total. The molecule has 17 heavy (non-hydrogen) atoms. The number of halogens is 1. The fourth-order valence-corrected chi connectivity index (χ4v) is 2.82. The summed E-state index contributed by atoms with van der Waals surface area (Å²) in [5.41, 5.74) is 0.867. The average Bonchev–Trinajstić information content (AvgIpc) is 2.84. The highest BCUT2D eigenvalue weighted by Crippen LogP contribution is 2.28. The van der Waals surface area contributed by atoms with E-state index in [0.717, 1.165) is 25.2 Å². The Hall–Kier alpha value is -1.42. The number of carbonyl (C=O) groups is 1. The minimum atomic E-state index is -0.240. The van der Waals surface area contributed by atoms with E-state index in [1.165, 1.54) is 12.1 Å². The van der Waals surface area contributed by atoms with Crippen LogP contribution in [0, 0.1) is 17.7 Å². The lowest BCUT2D eigenvalue weighted by atomic mass is 10.0. The summed E-state index contributed by atoms with van der Waals surface area (Å²) in [4.78, 5) is 13.9. The molecule has 4 heteroatoms. The van der Waals surface area contributed by atoms with E-state index in [9.17, 15) is 9.18 Å². The largest absolute Gasteiger partial charge is 0.338 e. The van der Waals surface area contributed by atoms with E-state index < -0.39 is 0 Å². The highest BCUT2D eigenvalue weighted by Gasteiger charge is 2.42. The van der Waals surface area contributed by atoms with Gasteiger partial charge in [0.2, 0.25) is 5.91 Å². The number of nitrogens with one attached hydrogen (secondary N) is 1. The molecule has 0 saturated carbocycles. The van der Waals surface area contributed by atoms with Crippen molar-refractivity contribution in [1.82, 2.24) is 10.2 Å². The van der Waals surface area contributed by atoms with E-state index in [-0.39, 0.29) is 17.6 Å². The first-order valence-corrected chi connectivity index (χ1v) is 5.98. The zero-order chi connectivity index (χ0) is 11.8. The minimum absolute atomic E-state index is 0.142. The van der Waals surface area contributed by atoms with Crippen LogP contribution in [0.2, 0.25) is 0 Å². The highest BCUT2D eigenvalue weighted by molar-refractivity contribution is 5.82. The highest BCUT2D eigenvalue weighted by atomic mass is 19.1. The maximum absolute atomic E-state index is 13.1. The third kappa shape index (κ3) is 1.93. The molecule has 2 atom stereocenters. The van der Waals surface area contributed by atoms with Crippen molar-refractivity contribution in [3.8, 4) is 0 Å². The van der Waals surface area contributed by atoms with Crippen molar-refractivity contribution in [2.75, 3.05) is 19.6 Å². The molecule has 0 aromatic heterocycles. The number of amides is 1. The molecule has 2 aliphatic rings. The Labute approximate surface area is 99.6 Å². The van der Waals surface area contributed by atoms with Crippen molar-refractivity contribution in [1.29, 1.82) is 0 Å². The Kier molecular flexibility index (Phi) is 2.59. The molecule has 0 unspecified atom stereocenters. The van der Waals surface area contributed by atoms with Crippen LogP contribution in [0.1, 0.15) is 5.56 Å². The molecule has 1 aromatic carbocycles. The smallest absolute Gasteiger partial charge is 0.227 e. The van der Waals surface area contributed by atoms with E-state index in [2.05, 4.69) is 5.32 Å². The van der Waals surface area contributed by atoms with Gasteiger partial charge in [-0.2, -0.15) is 0 Å². The van der Waals surface area contributed by atoms with Crippen LogP contribution in [0.15, 0.2) is 24.3 Å². The van der Waals surface area contributed by atoms with Crippen LogP contribution in [-0.2, 0) is 11.3 Å². The van der Waals surface area contributed by atoms with Gasteiger partial charge in [-0.05, 0) is 17.7 Å². The maximum atomic E-state index is 13.1. The Morgan fingerprint density at radius 2 is 2.29 bits per heavy atom. The summed E-state index contributed by atoms with van der Waals surface area (Å²) < 4.78 is 13.1. The van der Waals surface area contributed by atoms with E-state index in [0.29, 0.717) is 12.5 Å². The van der Waals surface area contributed by atoms with Gasteiger partial charge in [0, 0.05) is 32.1 Å². The van der Waals surface area contributed by atoms with Gasteiger partial charge in [0.05, 0.1) is 5.92 Å². The van der Waals surface area contributed by atoms with E-state index >= 15 is 0 Å². The first kappa shape index (κ1) is 10.7. The fourth-order valence-electron chi connectivity index (χ4n) is 2.82. The maximum Gasteiger partial charge on any atom is 0.227 e. The number of nitrogens with zero attached hydrogens (tertiary/aromatic N) is 1. The molecule has 2 fully saturated rings. The predicted molar refractivity (Wildman–Crippen MR) is 61.7 cm³/mol. The molecule has 0 bridgehead atoms. The lowest BCUT2D eigenvalue weighted by Crippen LogP contribution is -2.30. The van der Waals surface area contributed by atoms with E-state index in [1.807, 2.05) is 11.0 Å². The normalized spacial score (nSPS) is 27.6. The molecule has 3 rings (SSSR count). The molecule has 2 aliphatic heterocycles. The van der Waals surface area contributed by atoms with Crippen LogP contribution < -0.4 is 5.32 Å². The van der Waals surface area contributed by atoms with Gasteiger partial charge in [0.1, 0.15) is 5.82 Å². The molecule has 90 valence electrons. The summed E-state index contributed by atoms with van der Waals surface area (Å²) in [6.45, 7) is 3.05. The lowest BCUT2D eigenvalue weighted by Gasteiger charge is -2.17. The number of likely N-dealkylation sites (tertiary alicyclic amines) is 1. The zero-order valence-electron chi connectivity index (χ0n) is 9.53. The molecule has 2 saturated heterocycles. The topological polar surface area (TPSA) is 32.3 Å². The van der Waals surface area contributed by atoms with Gasteiger partial charge in [-0.15, -0.1) is 0 Å². The van der Waals surface area contributed by atoms with Crippen molar-refractivity contribution in [3.63, 3.8) is 0 Å². The van der Waals surface area contributed by atoms with Crippen molar-refractivity contribution in [3.05, 3.63) is 35.6 Å². The average molecular weight is 234 g/mol. The van der Waals surface area contributed by atoms with Crippen LogP contribution in [0.3, 0.4) is 0 Å². The van der Waals surface area contributed by atoms with Crippen molar-refractivity contribution in [2.24, 2.45) is 11.8 Å². The monoisotopic (exact) mass is 234 g/mol. The number of hydrogen-bond acceptors (Lipinski definition) is 2. The number of fused-ring (bicyclic) bond motifs is 1. The lowest BCUT2D eigenvalue weighted by molar-refractivity contribution is -0.131. The summed E-state index contributed by atoms with van der Waals surface area (Å²) in [5, 5.41) is 3.24. The second-order valence-electron chi connectivity index (χ2n) is 4.87. The Morgan fingerprint density at radius 3 is 3.06 bits per heavy atom. The number of rotatable bonds is 2.